The number of nitrogens with two attached hydrogens (primary N) is 2. The van der Waals surface area contributed by atoms with Crippen LogP contribution in [0.5, 0.6) is 0 Å². The van der Waals surface area contributed by atoms with E-state index in [0.717, 1.165) is 11.9 Å². The fourth-order valence-corrected chi connectivity index (χ4v) is 0.927. The van der Waals surface area contributed by atoms with Crippen LogP contribution in [0.2, 0.25) is 0 Å². The monoisotopic (exact) mass is 178 g/mol. The van der Waals surface area contributed by atoms with Crippen molar-refractivity contribution in [1.29, 1.82) is 5.41 Å². The fourth-order valence-electron chi connectivity index (χ4n) is 0.927. The van der Waals surface area contributed by atoms with Crippen LogP contribution in [0.4, 0.5) is 5.69 Å². The molecule has 2 atom stereocenters. The van der Waals surface area contributed by atoms with E-state index < -0.39 is 12.2 Å². The molecule has 0 saturated heterocycles. The summed E-state index contributed by atoms with van der Waals surface area (Å²) in [6.45, 7) is 0. The SMILES string of the molecule is N=CC(N)C(N)Nc1ccccc1. The maximum atomic E-state index is 6.93. The Balaban J connectivity index is 2.54. The molecule has 4 heteroatoms. The number of hydrogen-bond donors (Lipinski definition) is 4. The van der Waals surface area contributed by atoms with Crippen LogP contribution in [0.25, 0.3) is 0 Å². The smallest absolute Gasteiger partial charge is 0.0950 e. The van der Waals surface area contributed by atoms with Gasteiger partial charge in [-0.15, -0.1) is 0 Å². The lowest BCUT2D eigenvalue weighted by Gasteiger charge is -2.18. The number of benzene rings is 1. The maximum Gasteiger partial charge on any atom is 0.0950 e. The van der Waals surface area contributed by atoms with E-state index in [1.54, 1.807) is 0 Å². The summed E-state index contributed by atoms with van der Waals surface area (Å²) in [7, 11) is 0. The minimum atomic E-state index is -0.458. The molecule has 1 rings (SSSR count). The van der Waals surface area contributed by atoms with Gasteiger partial charge >= 0.3 is 0 Å². The van der Waals surface area contributed by atoms with E-state index in [2.05, 4.69) is 5.32 Å². The second-order valence-electron chi connectivity index (χ2n) is 2.78. The van der Waals surface area contributed by atoms with Gasteiger partial charge in [-0.25, -0.2) is 0 Å². The molecule has 4 nitrogen and oxygen atoms in total. The quantitative estimate of drug-likeness (QED) is 0.396. The molecule has 70 valence electrons. The number of hydrogen-bond acceptors (Lipinski definition) is 4. The molecule has 0 radical (unpaired) electrons. The third-order valence-corrected chi connectivity index (χ3v) is 1.71. The third-order valence-electron chi connectivity index (χ3n) is 1.71. The predicted molar refractivity (Wildman–Crippen MR) is 54.8 cm³/mol. The van der Waals surface area contributed by atoms with E-state index in [1.165, 1.54) is 0 Å². The Hall–Kier alpha value is -1.39. The predicted octanol–water partition coefficient (Wildman–Crippen LogP) is 0.360. The summed E-state index contributed by atoms with van der Waals surface area (Å²) in [6, 6.07) is 9.08. The molecule has 0 heterocycles. The maximum absolute atomic E-state index is 6.93. The van der Waals surface area contributed by atoms with Crippen molar-refractivity contribution in [2.75, 3.05) is 5.32 Å². The van der Waals surface area contributed by atoms with Crippen molar-refractivity contribution in [2.24, 2.45) is 11.5 Å². The molecule has 0 amide bonds. The van der Waals surface area contributed by atoms with Crippen LogP contribution >= 0.6 is 0 Å². The standard InChI is InChI=1S/C9H14N4/c10-6-8(11)9(12)13-7-4-2-1-3-5-7/h1-6,8-10,13H,11-12H2. The third kappa shape index (κ3) is 2.85. The molecular formula is C9H14N4. The van der Waals surface area contributed by atoms with Crippen molar-refractivity contribution in [3.63, 3.8) is 0 Å². The van der Waals surface area contributed by atoms with Gasteiger partial charge in [-0.1, -0.05) is 18.2 Å². The molecule has 0 aliphatic carbocycles. The first-order valence-corrected chi connectivity index (χ1v) is 4.07. The first-order valence-electron chi connectivity index (χ1n) is 4.07. The van der Waals surface area contributed by atoms with Crippen molar-refractivity contribution in [3.05, 3.63) is 30.3 Å². The molecule has 6 N–H and O–H groups in total. The second-order valence-corrected chi connectivity index (χ2v) is 2.78. The van der Waals surface area contributed by atoms with Crippen LogP contribution in [-0.4, -0.2) is 18.4 Å². The van der Waals surface area contributed by atoms with Crippen molar-refractivity contribution >= 4 is 11.9 Å². The number of nitrogens with one attached hydrogen (secondary N) is 2. The van der Waals surface area contributed by atoms with Gasteiger partial charge in [0.15, 0.2) is 0 Å². The number of para-hydroxylation sites is 1. The van der Waals surface area contributed by atoms with E-state index in [1.807, 2.05) is 30.3 Å². The molecule has 1 aromatic carbocycles. The highest BCUT2D eigenvalue weighted by molar-refractivity contribution is 5.62. The molecule has 2 unspecified atom stereocenters. The highest BCUT2D eigenvalue weighted by Gasteiger charge is 2.08. The summed E-state index contributed by atoms with van der Waals surface area (Å²) in [6.07, 6.45) is 0.709. The van der Waals surface area contributed by atoms with Crippen LogP contribution in [0.1, 0.15) is 0 Å². The topological polar surface area (TPSA) is 87.9 Å². The Bertz CT molecular complexity index is 260. The van der Waals surface area contributed by atoms with Crippen LogP contribution in [0.15, 0.2) is 30.3 Å². The molecule has 0 aliphatic rings. The summed E-state index contributed by atoms with van der Waals surface area (Å²) >= 11 is 0. The van der Waals surface area contributed by atoms with Crippen LogP contribution in [0, 0.1) is 5.41 Å². The van der Waals surface area contributed by atoms with Gasteiger partial charge in [-0.3, -0.25) is 0 Å². The van der Waals surface area contributed by atoms with Gasteiger partial charge in [0.25, 0.3) is 0 Å². The van der Waals surface area contributed by atoms with Crippen LogP contribution in [-0.2, 0) is 0 Å². The molecule has 0 saturated carbocycles. The van der Waals surface area contributed by atoms with Gasteiger partial charge < -0.3 is 22.2 Å². The van der Waals surface area contributed by atoms with Crippen molar-refractivity contribution < 1.29 is 0 Å². The van der Waals surface area contributed by atoms with Crippen LogP contribution < -0.4 is 16.8 Å². The van der Waals surface area contributed by atoms with E-state index >= 15 is 0 Å². The Morgan fingerprint density at radius 3 is 2.38 bits per heavy atom. The zero-order valence-electron chi connectivity index (χ0n) is 7.27. The van der Waals surface area contributed by atoms with Crippen molar-refractivity contribution in [1.82, 2.24) is 0 Å². The highest BCUT2D eigenvalue weighted by atomic mass is 15.1. The number of anilines is 1. The van der Waals surface area contributed by atoms with E-state index in [0.29, 0.717) is 0 Å². The van der Waals surface area contributed by atoms with E-state index in [4.69, 9.17) is 16.9 Å². The summed E-state index contributed by atoms with van der Waals surface area (Å²) < 4.78 is 0. The molecular weight excluding hydrogens is 164 g/mol. The van der Waals surface area contributed by atoms with Crippen molar-refractivity contribution in [3.8, 4) is 0 Å². The molecule has 0 aliphatic heterocycles. The molecule has 0 spiro atoms. The normalized spacial score (nSPS) is 14.6. The van der Waals surface area contributed by atoms with Gasteiger partial charge in [-0.05, 0) is 12.1 Å². The Morgan fingerprint density at radius 1 is 1.23 bits per heavy atom. The zero-order chi connectivity index (χ0) is 9.68. The summed E-state index contributed by atoms with van der Waals surface area (Å²) in [5.41, 5.74) is 12.1. The highest BCUT2D eigenvalue weighted by Crippen LogP contribution is 2.05. The Morgan fingerprint density at radius 2 is 1.85 bits per heavy atom. The first kappa shape index (κ1) is 9.70. The minimum absolute atomic E-state index is 0.417. The lowest BCUT2D eigenvalue weighted by molar-refractivity contribution is 0.698. The summed E-state index contributed by atoms with van der Waals surface area (Å²) in [5, 5.41) is 9.93. The van der Waals surface area contributed by atoms with Gasteiger partial charge in [0.2, 0.25) is 0 Å². The Labute approximate surface area is 77.4 Å². The average molecular weight is 178 g/mol. The van der Waals surface area contributed by atoms with Gasteiger partial charge in [0.1, 0.15) is 0 Å². The molecule has 0 fully saturated rings. The average Bonchev–Trinajstić information content (AvgIpc) is 2.18. The number of rotatable bonds is 4. The first-order chi connectivity index (χ1) is 6.24. The second kappa shape index (κ2) is 4.59. The lowest BCUT2D eigenvalue weighted by Crippen LogP contribution is -2.47. The lowest BCUT2D eigenvalue weighted by atomic mass is 10.2. The van der Waals surface area contributed by atoms with Gasteiger partial charge in [0.05, 0.1) is 12.2 Å². The van der Waals surface area contributed by atoms with Crippen molar-refractivity contribution in [2.45, 2.75) is 12.2 Å². The van der Waals surface area contributed by atoms with E-state index in [-0.39, 0.29) is 0 Å². The Kier molecular flexibility index (Phi) is 3.42. The molecule has 1 aromatic rings. The summed E-state index contributed by atoms with van der Waals surface area (Å²) in [4.78, 5) is 0. The zero-order valence-corrected chi connectivity index (χ0v) is 7.27. The van der Waals surface area contributed by atoms with Gasteiger partial charge in [-0.2, -0.15) is 0 Å². The van der Waals surface area contributed by atoms with E-state index in [9.17, 15) is 0 Å². The summed E-state index contributed by atoms with van der Waals surface area (Å²) in [5.74, 6) is 0. The molecule has 13 heavy (non-hydrogen) atoms. The van der Waals surface area contributed by atoms with Gasteiger partial charge in [0, 0.05) is 11.9 Å². The van der Waals surface area contributed by atoms with Crippen LogP contribution in [0.3, 0.4) is 0 Å². The molecule has 0 aromatic heterocycles. The molecule has 0 bridgehead atoms. The minimum Gasteiger partial charge on any atom is -0.368 e. The largest absolute Gasteiger partial charge is 0.368 e. The fraction of sp³-hybridized carbons (Fsp3) is 0.222.